The molecule has 0 fully saturated rings. The lowest BCUT2D eigenvalue weighted by molar-refractivity contribution is 0.564. The zero-order valence-electron chi connectivity index (χ0n) is 11.4. The van der Waals surface area contributed by atoms with Crippen molar-refractivity contribution in [3.63, 3.8) is 0 Å². The number of hydrogen-bond acceptors (Lipinski definition) is 1. The van der Waals surface area contributed by atoms with Crippen molar-refractivity contribution in [3.05, 3.63) is 69.0 Å². The molecule has 0 amide bonds. The molecule has 0 aliphatic heterocycles. The summed E-state index contributed by atoms with van der Waals surface area (Å²) in [5.74, 6) is -0.449. The average molecular weight is 312 g/mol. The molecule has 0 aliphatic carbocycles. The predicted molar refractivity (Wildman–Crippen MR) is 82.9 cm³/mol. The van der Waals surface area contributed by atoms with Crippen LogP contribution in [0.2, 0.25) is 10.0 Å². The maximum Gasteiger partial charge on any atom is 0.142 e. The summed E-state index contributed by atoms with van der Waals surface area (Å²) in [4.78, 5) is 0. The largest absolute Gasteiger partial charge is 0.306 e. The Kier molecular flexibility index (Phi) is 5.03. The second-order valence-electron chi connectivity index (χ2n) is 4.79. The molecular formula is C16H16Cl2FN. The van der Waals surface area contributed by atoms with Crippen molar-refractivity contribution in [2.75, 3.05) is 0 Å². The number of hydrogen-bond donors (Lipinski definition) is 1. The first-order valence-corrected chi connectivity index (χ1v) is 7.17. The SMILES string of the molecule is Cc1ccccc1CNC(C)c1c(Cl)ccc(F)c1Cl. The van der Waals surface area contributed by atoms with E-state index in [1.165, 1.54) is 23.3 Å². The first-order valence-electron chi connectivity index (χ1n) is 6.42. The predicted octanol–water partition coefficient (Wildman–Crippen LogP) is 5.29. The van der Waals surface area contributed by atoms with E-state index < -0.39 is 5.82 Å². The topological polar surface area (TPSA) is 12.0 Å². The quantitative estimate of drug-likeness (QED) is 0.756. The highest BCUT2D eigenvalue weighted by atomic mass is 35.5. The molecule has 20 heavy (non-hydrogen) atoms. The molecule has 0 radical (unpaired) electrons. The standard InChI is InChI=1S/C16H16Cl2FN/c1-10-5-3-4-6-12(10)9-20-11(2)15-13(17)7-8-14(19)16(15)18/h3-8,11,20H,9H2,1-2H3. The summed E-state index contributed by atoms with van der Waals surface area (Å²) in [6.07, 6.45) is 0. The lowest BCUT2D eigenvalue weighted by Gasteiger charge is -2.18. The Morgan fingerprint density at radius 2 is 1.85 bits per heavy atom. The minimum absolute atomic E-state index is 0.0854. The summed E-state index contributed by atoms with van der Waals surface area (Å²) < 4.78 is 13.5. The van der Waals surface area contributed by atoms with Crippen molar-refractivity contribution < 1.29 is 4.39 Å². The van der Waals surface area contributed by atoms with Gasteiger partial charge in [0.05, 0.1) is 5.02 Å². The highest BCUT2D eigenvalue weighted by Crippen LogP contribution is 2.32. The second-order valence-corrected chi connectivity index (χ2v) is 5.57. The third-order valence-corrected chi connectivity index (χ3v) is 4.09. The van der Waals surface area contributed by atoms with Gasteiger partial charge in [-0.3, -0.25) is 0 Å². The Bertz CT molecular complexity index is 613. The van der Waals surface area contributed by atoms with Crippen LogP contribution in [0.25, 0.3) is 0 Å². The highest BCUT2D eigenvalue weighted by Gasteiger charge is 2.16. The van der Waals surface area contributed by atoms with Gasteiger partial charge in [0.2, 0.25) is 0 Å². The van der Waals surface area contributed by atoms with Crippen LogP contribution in [0.4, 0.5) is 4.39 Å². The van der Waals surface area contributed by atoms with E-state index in [1.807, 2.05) is 19.1 Å². The molecule has 0 saturated carbocycles. The van der Waals surface area contributed by atoms with Crippen molar-refractivity contribution in [2.45, 2.75) is 26.4 Å². The van der Waals surface area contributed by atoms with Crippen LogP contribution < -0.4 is 5.32 Å². The van der Waals surface area contributed by atoms with Gasteiger partial charge in [0, 0.05) is 23.2 Å². The van der Waals surface area contributed by atoms with Crippen LogP contribution in [0.3, 0.4) is 0 Å². The van der Waals surface area contributed by atoms with E-state index in [0.29, 0.717) is 17.1 Å². The molecule has 0 saturated heterocycles. The summed E-state index contributed by atoms with van der Waals surface area (Å²) in [6, 6.07) is 10.8. The van der Waals surface area contributed by atoms with Crippen LogP contribution in [0, 0.1) is 12.7 Å². The molecule has 4 heteroatoms. The van der Waals surface area contributed by atoms with Gasteiger partial charge in [0.25, 0.3) is 0 Å². The van der Waals surface area contributed by atoms with Gasteiger partial charge in [-0.15, -0.1) is 0 Å². The van der Waals surface area contributed by atoms with Crippen LogP contribution in [0.5, 0.6) is 0 Å². The fraction of sp³-hybridized carbons (Fsp3) is 0.250. The average Bonchev–Trinajstić information content (AvgIpc) is 2.42. The zero-order valence-corrected chi connectivity index (χ0v) is 12.9. The summed E-state index contributed by atoms with van der Waals surface area (Å²) in [5, 5.41) is 3.89. The van der Waals surface area contributed by atoms with E-state index in [4.69, 9.17) is 23.2 Å². The first-order chi connectivity index (χ1) is 9.50. The van der Waals surface area contributed by atoms with Gasteiger partial charge >= 0.3 is 0 Å². The molecule has 2 aromatic carbocycles. The van der Waals surface area contributed by atoms with Gasteiger partial charge < -0.3 is 5.32 Å². The summed E-state index contributed by atoms with van der Waals surface area (Å²) in [6.45, 7) is 4.66. The third-order valence-electron chi connectivity index (χ3n) is 3.37. The van der Waals surface area contributed by atoms with Gasteiger partial charge in [0.15, 0.2) is 0 Å². The number of rotatable bonds is 4. The molecule has 0 aliphatic rings. The molecule has 1 nitrogen and oxygen atoms in total. The highest BCUT2D eigenvalue weighted by molar-refractivity contribution is 6.36. The lowest BCUT2D eigenvalue weighted by Crippen LogP contribution is -2.19. The molecule has 0 heterocycles. The van der Waals surface area contributed by atoms with Gasteiger partial charge in [-0.1, -0.05) is 47.5 Å². The maximum absolute atomic E-state index is 13.5. The summed E-state index contributed by atoms with van der Waals surface area (Å²) in [7, 11) is 0. The lowest BCUT2D eigenvalue weighted by atomic mass is 10.1. The first kappa shape index (κ1) is 15.3. The molecule has 2 aromatic rings. The minimum atomic E-state index is -0.449. The van der Waals surface area contributed by atoms with Gasteiger partial charge in [0.1, 0.15) is 5.82 Å². The zero-order chi connectivity index (χ0) is 14.7. The van der Waals surface area contributed by atoms with E-state index in [-0.39, 0.29) is 11.1 Å². The van der Waals surface area contributed by atoms with Crippen molar-refractivity contribution in [3.8, 4) is 0 Å². The Morgan fingerprint density at radius 1 is 1.15 bits per heavy atom. The van der Waals surface area contributed by atoms with Crippen LogP contribution in [-0.2, 0) is 6.54 Å². The van der Waals surface area contributed by atoms with Crippen molar-refractivity contribution >= 4 is 23.2 Å². The normalized spacial score (nSPS) is 12.4. The molecule has 106 valence electrons. The van der Waals surface area contributed by atoms with E-state index in [2.05, 4.69) is 24.4 Å². The van der Waals surface area contributed by atoms with E-state index in [0.717, 1.165) is 0 Å². The fourth-order valence-electron chi connectivity index (χ4n) is 2.11. The monoisotopic (exact) mass is 311 g/mol. The Balaban J connectivity index is 2.15. The molecule has 0 bridgehead atoms. The Morgan fingerprint density at radius 3 is 2.55 bits per heavy atom. The van der Waals surface area contributed by atoms with E-state index in [1.54, 1.807) is 0 Å². The summed E-state index contributed by atoms with van der Waals surface area (Å²) >= 11 is 12.1. The molecule has 0 spiro atoms. The van der Waals surface area contributed by atoms with E-state index in [9.17, 15) is 4.39 Å². The molecule has 1 unspecified atom stereocenters. The molecular weight excluding hydrogens is 296 g/mol. The molecule has 1 atom stereocenters. The number of halogens is 3. The van der Waals surface area contributed by atoms with Crippen LogP contribution >= 0.6 is 23.2 Å². The summed E-state index contributed by atoms with van der Waals surface area (Å²) in [5.41, 5.74) is 3.01. The van der Waals surface area contributed by atoms with Crippen molar-refractivity contribution in [1.29, 1.82) is 0 Å². The third kappa shape index (κ3) is 3.32. The van der Waals surface area contributed by atoms with Crippen LogP contribution in [0.15, 0.2) is 36.4 Å². The van der Waals surface area contributed by atoms with Crippen molar-refractivity contribution in [2.24, 2.45) is 0 Å². The Labute approximate surface area is 128 Å². The molecule has 0 aromatic heterocycles. The molecule has 2 rings (SSSR count). The fourth-order valence-corrected chi connectivity index (χ4v) is 2.81. The van der Waals surface area contributed by atoms with Gasteiger partial charge in [-0.05, 0) is 37.1 Å². The second kappa shape index (κ2) is 6.57. The van der Waals surface area contributed by atoms with Crippen molar-refractivity contribution in [1.82, 2.24) is 5.32 Å². The van der Waals surface area contributed by atoms with Gasteiger partial charge in [-0.25, -0.2) is 4.39 Å². The number of benzene rings is 2. The van der Waals surface area contributed by atoms with Crippen LogP contribution in [0.1, 0.15) is 29.7 Å². The van der Waals surface area contributed by atoms with E-state index >= 15 is 0 Å². The number of nitrogens with one attached hydrogen (secondary N) is 1. The number of aryl methyl sites for hydroxylation is 1. The van der Waals surface area contributed by atoms with Gasteiger partial charge in [-0.2, -0.15) is 0 Å². The van der Waals surface area contributed by atoms with Crippen LogP contribution in [-0.4, -0.2) is 0 Å². The Hall–Kier alpha value is -1.09. The maximum atomic E-state index is 13.5. The molecule has 1 N–H and O–H groups in total. The smallest absolute Gasteiger partial charge is 0.142 e. The minimum Gasteiger partial charge on any atom is -0.306 e.